The first-order chi connectivity index (χ1) is 38.9. The van der Waals surface area contributed by atoms with E-state index in [-0.39, 0.29) is 35.2 Å². The Balaban J connectivity index is 0.000000172. The van der Waals surface area contributed by atoms with Gasteiger partial charge in [-0.05, 0) is 194 Å². The first-order valence-electron chi connectivity index (χ1n) is 29.9. The third kappa shape index (κ3) is 10.5. The van der Waals surface area contributed by atoms with Crippen LogP contribution in [0.3, 0.4) is 0 Å². The van der Waals surface area contributed by atoms with Crippen molar-refractivity contribution in [2.24, 2.45) is 11.8 Å². The van der Waals surface area contributed by atoms with Crippen LogP contribution < -0.4 is 18.9 Å². The largest absolute Gasteiger partial charge is 0.448 e. The number of ketones is 2. The van der Waals surface area contributed by atoms with Gasteiger partial charge in [0.05, 0.1) is 11.1 Å². The molecule has 2 atom stereocenters. The first kappa shape index (κ1) is 58.0. The Morgan fingerprint density at radius 2 is 0.854 bits per heavy atom. The van der Waals surface area contributed by atoms with Crippen molar-refractivity contribution in [2.75, 3.05) is 54.4 Å². The predicted octanol–water partition coefficient (Wildman–Crippen LogP) is 13.7. The molecule has 4 aliphatic carbocycles. The molecule has 2 saturated carbocycles. The van der Waals surface area contributed by atoms with Crippen molar-refractivity contribution in [3.8, 4) is 43.9 Å². The van der Waals surface area contributed by atoms with E-state index in [0.717, 1.165) is 139 Å². The fourth-order valence-corrected chi connectivity index (χ4v) is 16.5. The Hall–Kier alpha value is -5.80. The third-order valence-electron chi connectivity index (χ3n) is 19.4. The molecule has 436 valence electrons. The molecule has 2 fully saturated rings. The molecule has 2 aromatic carbocycles. The lowest BCUT2D eigenvalue weighted by Crippen LogP contribution is -2.46. The molecule has 0 N–H and O–H groups in total. The first-order valence-corrected chi connectivity index (χ1v) is 31.6. The Morgan fingerprint density at radius 3 is 1.17 bits per heavy atom. The number of ether oxygens (including phenoxy) is 4. The average Bonchev–Trinajstić information content (AvgIpc) is 3.50. The standard InChI is InChI=1S/2C34H42N2O4S/c2*1-19-16-20(2)26(27(37)17-19)18-36-15-14-25-29(33(36)38)22(4)31-32(30(25)28-13-8-21(3)41-28)40-34(5,39-31)23-9-11-24(12-10-23)35(6)7/h2*8,13,16,23-24H,9-12,14-15,17-18H2,1-7H3/t2*23?,24?,34-/m10/s1. The Labute approximate surface area is 494 Å². The highest BCUT2D eigenvalue weighted by Crippen LogP contribution is 2.58. The van der Waals surface area contributed by atoms with Crippen LogP contribution in [0.1, 0.15) is 158 Å². The lowest BCUT2D eigenvalue weighted by molar-refractivity contribution is -0.123. The monoisotopic (exact) mass is 1150 g/mol. The summed E-state index contributed by atoms with van der Waals surface area (Å²) >= 11 is 3.46. The number of carbonyl (C=O) groups is 4. The maximum absolute atomic E-state index is 14.2. The number of hydrogen-bond acceptors (Lipinski definition) is 12. The van der Waals surface area contributed by atoms with Crippen molar-refractivity contribution in [1.82, 2.24) is 19.6 Å². The second-order valence-electron chi connectivity index (χ2n) is 25.7. The molecule has 12 nitrogen and oxygen atoms in total. The molecular weight excluding hydrogens is 1060 g/mol. The molecular formula is C68H84N4O8S2. The van der Waals surface area contributed by atoms with Crippen molar-refractivity contribution in [2.45, 2.75) is 170 Å². The number of hydrogen-bond donors (Lipinski definition) is 0. The van der Waals surface area contributed by atoms with Crippen molar-refractivity contribution < 1.29 is 38.1 Å². The van der Waals surface area contributed by atoms with Crippen LogP contribution in [0.2, 0.25) is 0 Å². The summed E-state index contributed by atoms with van der Waals surface area (Å²) in [5.74, 6) is 2.22. The number of amides is 2. The minimum atomic E-state index is -0.765. The molecule has 82 heavy (non-hydrogen) atoms. The zero-order valence-corrected chi connectivity index (χ0v) is 52.6. The number of nitrogens with zero attached hydrogens (tertiary/aromatic N) is 4. The molecule has 0 saturated heterocycles. The Kier molecular flexibility index (Phi) is 15.8. The number of benzene rings is 2. The quantitative estimate of drug-likeness (QED) is 0.152. The highest BCUT2D eigenvalue weighted by atomic mass is 32.1. The number of aryl methyl sites for hydroxylation is 2. The Bertz CT molecular complexity index is 3200. The molecule has 2 amide bonds. The number of allylic oxidation sites excluding steroid dienone is 6. The SMILES string of the molecule is CC1=CC(C)=C(CN2CCc3c(c(C)c4c(c3-c3ccc(C)s3)O[C@@](C)(C3CCC(N(C)C)CC3)O4)C2=O)C(=O)C1.CC1=CC(C)=C(CN2CCc3c(c(C)c4c(c3-c3ccc(C)s3)O[C@](C)(C3CCC(N(C)C)CC3)O4)C2=O)C(=O)C1. The third-order valence-corrected chi connectivity index (χ3v) is 21.5. The lowest BCUT2D eigenvalue weighted by Gasteiger charge is -2.39. The average molecular weight is 1150 g/mol. The van der Waals surface area contributed by atoms with Crippen LogP contribution in [0.25, 0.3) is 20.9 Å². The van der Waals surface area contributed by atoms with E-state index in [4.69, 9.17) is 18.9 Å². The topological polar surface area (TPSA) is 118 Å². The van der Waals surface area contributed by atoms with E-state index < -0.39 is 11.6 Å². The number of fused-ring (bicyclic) bond motifs is 4. The van der Waals surface area contributed by atoms with Crippen LogP contribution in [0.5, 0.6) is 23.0 Å². The smallest absolute Gasteiger partial charge is 0.254 e. The second kappa shape index (κ2) is 22.3. The molecule has 14 heteroatoms. The van der Waals surface area contributed by atoms with Gasteiger partial charge < -0.3 is 38.5 Å². The zero-order valence-electron chi connectivity index (χ0n) is 51.0. The van der Waals surface area contributed by atoms with E-state index in [2.05, 4.69) is 102 Å². The Morgan fingerprint density at radius 1 is 0.500 bits per heavy atom. The maximum atomic E-state index is 14.2. The molecule has 12 rings (SSSR count). The molecule has 0 radical (unpaired) electrons. The summed E-state index contributed by atoms with van der Waals surface area (Å²) in [6.45, 7) is 22.2. The van der Waals surface area contributed by atoms with Crippen molar-refractivity contribution in [3.05, 3.63) is 113 Å². The number of Topliss-reactive ketones (excluding diaryl/α,β-unsaturated/α-hetero) is 2. The van der Waals surface area contributed by atoms with Gasteiger partial charge in [0.25, 0.3) is 23.4 Å². The van der Waals surface area contributed by atoms with Gasteiger partial charge in [-0.1, -0.05) is 23.3 Å². The minimum Gasteiger partial charge on any atom is -0.448 e. The molecule has 0 unspecified atom stereocenters. The zero-order chi connectivity index (χ0) is 58.4. The fourth-order valence-electron chi connectivity index (χ4n) is 14.7. The van der Waals surface area contributed by atoms with Crippen molar-refractivity contribution in [1.29, 1.82) is 0 Å². The van der Waals surface area contributed by atoms with Gasteiger partial charge in [0.1, 0.15) is 0 Å². The van der Waals surface area contributed by atoms with Crippen LogP contribution >= 0.6 is 22.7 Å². The van der Waals surface area contributed by atoms with Crippen molar-refractivity contribution in [3.63, 3.8) is 0 Å². The van der Waals surface area contributed by atoms with E-state index in [9.17, 15) is 19.2 Å². The molecule has 4 aromatic rings. The summed E-state index contributed by atoms with van der Waals surface area (Å²) in [6, 6.07) is 9.74. The summed E-state index contributed by atoms with van der Waals surface area (Å²) in [5.41, 5.74) is 12.8. The molecule has 0 bridgehead atoms. The molecule has 0 spiro atoms. The lowest BCUT2D eigenvalue weighted by atomic mass is 9.81. The van der Waals surface area contributed by atoms with Gasteiger partial charge in [0, 0.05) is 130 Å². The number of thiophene rings is 2. The molecule has 4 aliphatic heterocycles. The van der Waals surface area contributed by atoms with Crippen LogP contribution in [0.15, 0.2) is 69.9 Å². The van der Waals surface area contributed by atoms with Gasteiger partial charge in [0.2, 0.25) is 0 Å². The number of carbonyl (C=O) groups excluding carboxylic acids is 4. The normalized spacial score (nSPS) is 26.1. The van der Waals surface area contributed by atoms with Crippen LogP contribution in [0.4, 0.5) is 0 Å². The van der Waals surface area contributed by atoms with Gasteiger partial charge in [-0.2, -0.15) is 0 Å². The van der Waals surface area contributed by atoms with E-state index in [1.807, 2.05) is 51.3 Å². The van der Waals surface area contributed by atoms with Crippen LogP contribution in [-0.4, -0.2) is 121 Å². The maximum Gasteiger partial charge on any atom is 0.254 e. The van der Waals surface area contributed by atoms with Crippen molar-refractivity contribution >= 4 is 46.1 Å². The van der Waals surface area contributed by atoms with E-state index in [1.165, 1.54) is 9.75 Å². The summed E-state index contributed by atoms with van der Waals surface area (Å²) < 4.78 is 27.4. The van der Waals surface area contributed by atoms with Crippen LogP contribution in [-0.2, 0) is 22.4 Å². The molecule has 8 aliphatic rings. The van der Waals surface area contributed by atoms with E-state index in [0.29, 0.717) is 86.6 Å². The summed E-state index contributed by atoms with van der Waals surface area (Å²) in [5, 5.41) is 0. The second-order valence-corrected chi connectivity index (χ2v) is 28.3. The van der Waals surface area contributed by atoms with Gasteiger partial charge in [0.15, 0.2) is 34.6 Å². The summed E-state index contributed by atoms with van der Waals surface area (Å²) in [6.07, 6.45) is 15.1. The van der Waals surface area contributed by atoms with Crippen LogP contribution in [0, 0.1) is 39.5 Å². The van der Waals surface area contributed by atoms with Gasteiger partial charge in [-0.15, -0.1) is 22.7 Å². The molecule has 6 heterocycles. The summed E-state index contributed by atoms with van der Waals surface area (Å²) in [4.78, 5) is 67.3. The number of rotatable bonds is 10. The fraction of sp³-hybridized carbons (Fsp3) is 0.529. The van der Waals surface area contributed by atoms with E-state index in [1.54, 1.807) is 22.7 Å². The van der Waals surface area contributed by atoms with Gasteiger partial charge in [-0.25, -0.2) is 0 Å². The van der Waals surface area contributed by atoms with Gasteiger partial charge >= 0.3 is 0 Å². The summed E-state index contributed by atoms with van der Waals surface area (Å²) in [7, 11) is 8.64. The molecule has 2 aromatic heterocycles. The van der Waals surface area contributed by atoms with E-state index >= 15 is 0 Å². The minimum absolute atomic E-state index is 0.0239. The van der Waals surface area contributed by atoms with Gasteiger partial charge in [-0.3, -0.25) is 19.2 Å². The highest BCUT2D eigenvalue weighted by molar-refractivity contribution is 7.15. The highest BCUT2D eigenvalue weighted by Gasteiger charge is 2.51. The predicted molar refractivity (Wildman–Crippen MR) is 328 cm³/mol.